The molecule has 0 spiro atoms. The Labute approximate surface area is 286 Å². The van der Waals surface area contributed by atoms with Gasteiger partial charge in [0.15, 0.2) is 0 Å². The van der Waals surface area contributed by atoms with Crippen molar-refractivity contribution < 1.29 is 27.8 Å². The summed E-state index contributed by atoms with van der Waals surface area (Å²) in [5.41, 5.74) is 3.53. The molecule has 1 saturated heterocycles. The number of fused-ring (bicyclic) bond motifs is 2. The Morgan fingerprint density at radius 2 is 1.92 bits per heavy atom. The molecular formula is C36H36F2N6O4S. The Bertz CT molecular complexity index is 2020. The van der Waals surface area contributed by atoms with Crippen LogP contribution in [0.4, 0.5) is 8.78 Å². The lowest BCUT2D eigenvalue weighted by Crippen LogP contribution is -2.46. The zero-order valence-electron chi connectivity index (χ0n) is 27.5. The van der Waals surface area contributed by atoms with Crippen LogP contribution in [-0.4, -0.2) is 89.1 Å². The zero-order chi connectivity index (χ0) is 34.2. The fraction of sp³-hybridized carbons (Fsp3) is 0.333. The van der Waals surface area contributed by atoms with Crippen molar-refractivity contribution in [2.75, 3.05) is 53.6 Å². The first-order valence-corrected chi connectivity index (χ1v) is 16.9. The summed E-state index contributed by atoms with van der Waals surface area (Å²) in [7, 11) is 3.61. The molecule has 1 unspecified atom stereocenters. The molecule has 7 rings (SSSR count). The predicted octanol–water partition coefficient (Wildman–Crippen LogP) is 6.22. The normalized spacial score (nSPS) is 16.4. The van der Waals surface area contributed by atoms with Crippen molar-refractivity contribution in [1.29, 1.82) is 0 Å². The van der Waals surface area contributed by atoms with E-state index in [2.05, 4.69) is 23.5 Å². The fourth-order valence-corrected chi connectivity index (χ4v) is 7.53. The number of hydrogen-bond acceptors (Lipinski definition) is 9. The third kappa shape index (κ3) is 6.29. The number of thiophene rings is 1. The third-order valence-electron chi connectivity index (χ3n) is 9.00. The molecule has 4 aromatic heterocycles. The van der Waals surface area contributed by atoms with Gasteiger partial charge in [-0.1, -0.05) is 6.58 Å². The number of carbonyl (C=O) groups is 1. The Balaban J connectivity index is 1.38. The van der Waals surface area contributed by atoms with Gasteiger partial charge in [0.05, 0.1) is 42.8 Å². The second-order valence-electron chi connectivity index (χ2n) is 12.3. The molecule has 2 aliphatic rings. The summed E-state index contributed by atoms with van der Waals surface area (Å²) in [6.45, 7) is 9.41. The highest BCUT2D eigenvalue weighted by molar-refractivity contribution is 7.18. The van der Waals surface area contributed by atoms with Crippen molar-refractivity contribution in [3.63, 3.8) is 0 Å². The van der Waals surface area contributed by atoms with Crippen LogP contribution in [-0.2, 0) is 16.1 Å². The van der Waals surface area contributed by atoms with Crippen molar-refractivity contribution in [3.8, 4) is 45.4 Å². The van der Waals surface area contributed by atoms with E-state index in [9.17, 15) is 9.18 Å². The second-order valence-corrected chi connectivity index (χ2v) is 13.2. The largest absolute Gasteiger partial charge is 0.490 e. The van der Waals surface area contributed by atoms with Crippen LogP contribution in [0, 0.1) is 17.6 Å². The van der Waals surface area contributed by atoms with Crippen LogP contribution in [0.25, 0.3) is 43.9 Å². The minimum absolute atomic E-state index is 0.0287. The predicted molar refractivity (Wildman–Crippen MR) is 184 cm³/mol. The number of nitrogens with zero attached hydrogens (tertiary/aromatic N) is 6. The summed E-state index contributed by atoms with van der Waals surface area (Å²) in [4.78, 5) is 26.3. The van der Waals surface area contributed by atoms with E-state index in [-0.39, 0.29) is 36.5 Å². The number of amides is 1. The average Bonchev–Trinajstić information content (AvgIpc) is 3.75. The quantitative estimate of drug-likeness (QED) is 0.119. The first kappa shape index (κ1) is 32.8. The molecule has 0 saturated carbocycles. The van der Waals surface area contributed by atoms with E-state index >= 15 is 4.39 Å². The summed E-state index contributed by atoms with van der Waals surface area (Å²) in [6, 6.07) is 9.28. The lowest BCUT2D eigenvalue weighted by Gasteiger charge is -2.35. The summed E-state index contributed by atoms with van der Waals surface area (Å²) < 4.78 is 50.3. The molecule has 1 atom stereocenters. The Morgan fingerprint density at radius 1 is 1.08 bits per heavy atom. The van der Waals surface area contributed by atoms with Crippen LogP contribution in [0.15, 0.2) is 60.6 Å². The number of hydrogen-bond donors (Lipinski definition) is 0. The second kappa shape index (κ2) is 13.7. The number of likely N-dealkylation sites (tertiary alicyclic amines) is 1. The van der Waals surface area contributed by atoms with Crippen LogP contribution in [0.5, 0.6) is 11.6 Å². The van der Waals surface area contributed by atoms with E-state index in [1.165, 1.54) is 30.6 Å². The van der Waals surface area contributed by atoms with Gasteiger partial charge >= 0.3 is 0 Å². The molecule has 2 aliphatic heterocycles. The van der Waals surface area contributed by atoms with Gasteiger partial charge in [0.1, 0.15) is 35.4 Å². The third-order valence-corrected chi connectivity index (χ3v) is 9.93. The lowest BCUT2D eigenvalue weighted by atomic mass is 9.96. The number of benzene rings is 1. The van der Waals surface area contributed by atoms with Crippen molar-refractivity contribution in [3.05, 3.63) is 78.0 Å². The van der Waals surface area contributed by atoms with Crippen molar-refractivity contribution >= 4 is 27.3 Å². The van der Waals surface area contributed by atoms with E-state index < -0.39 is 11.6 Å². The van der Waals surface area contributed by atoms with Gasteiger partial charge in [0.2, 0.25) is 11.8 Å². The number of rotatable bonds is 11. The molecule has 6 heterocycles. The summed E-state index contributed by atoms with van der Waals surface area (Å²) in [5.74, 6) is -0.696. The maximum Gasteiger partial charge on any atom is 0.246 e. The van der Waals surface area contributed by atoms with Gasteiger partial charge < -0.3 is 24.0 Å². The van der Waals surface area contributed by atoms with Gasteiger partial charge in [-0.15, -0.1) is 11.3 Å². The standard InChI is InChI=1S/C36H36F2N6O4S/c1-5-31(45)43-9-10-44-28(21(43)2)16-27(41-44)35-33(32-26(38)14-24(37)15-29(32)47-12-11-46-4)36-25(8-13-49-36)34(40-35)23-6-7-30(39-17-23)48-20-22-18-42(3)19-22/h5-8,13-17,21-22H,1,9-12,18-20H2,2-4H3. The van der Waals surface area contributed by atoms with Crippen LogP contribution in [0.3, 0.4) is 0 Å². The van der Waals surface area contributed by atoms with E-state index in [1.54, 1.807) is 11.1 Å². The minimum Gasteiger partial charge on any atom is -0.490 e. The maximum atomic E-state index is 16.1. The number of aromatic nitrogens is 4. The highest BCUT2D eigenvalue weighted by Crippen LogP contribution is 2.47. The number of pyridine rings is 2. The molecule has 13 heteroatoms. The Kier molecular flexibility index (Phi) is 9.14. The highest BCUT2D eigenvalue weighted by Gasteiger charge is 2.31. The average molecular weight is 687 g/mol. The molecule has 0 N–H and O–H groups in total. The number of carbonyl (C=O) groups excluding carboxylic acids is 1. The summed E-state index contributed by atoms with van der Waals surface area (Å²) in [5, 5.41) is 7.61. The molecule has 10 nitrogen and oxygen atoms in total. The number of methoxy groups -OCH3 is 1. The molecule has 1 aromatic carbocycles. The first-order chi connectivity index (χ1) is 23.7. The van der Waals surface area contributed by atoms with Crippen LogP contribution >= 0.6 is 11.3 Å². The monoisotopic (exact) mass is 686 g/mol. The highest BCUT2D eigenvalue weighted by atomic mass is 32.1. The topological polar surface area (TPSA) is 94.8 Å². The molecule has 254 valence electrons. The smallest absolute Gasteiger partial charge is 0.246 e. The molecule has 1 amide bonds. The van der Waals surface area contributed by atoms with E-state index in [4.69, 9.17) is 24.3 Å². The molecule has 1 fully saturated rings. The first-order valence-electron chi connectivity index (χ1n) is 16.1. The van der Waals surface area contributed by atoms with E-state index in [0.29, 0.717) is 54.1 Å². The minimum atomic E-state index is -0.793. The van der Waals surface area contributed by atoms with Gasteiger partial charge in [0, 0.05) is 78.3 Å². The Morgan fingerprint density at radius 3 is 2.65 bits per heavy atom. The Hall–Kier alpha value is -4.72. The maximum absolute atomic E-state index is 16.1. The summed E-state index contributed by atoms with van der Waals surface area (Å²) >= 11 is 1.41. The molecule has 0 aliphatic carbocycles. The molecule has 0 radical (unpaired) electrons. The van der Waals surface area contributed by atoms with Crippen molar-refractivity contribution in [2.24, 2.45) is 5.92 Å². The number of ether oxygens (including phenoxy) is 3. The van der Waals surface area contributed by atoms with Gasteiger partial charge in [-0.3, -0.25) is 9.48 Å². The SMILES string of the molecule is C=CC(=O)N1CCn2nc(-c3nc(-c4ccc(OCC5CN(C)C5)nc4)c4ccsc4c3-c3c(F)cc(F)cc3OCCOC)cc2C1C. The number of halogens is 2. The molecular weight excluding hydrogens is 650 g/mol. The lowest BCUT2D eigenvalue weighted by molar-refractivity contribution is -0.129. The van der Waals surface area contributed by atoms with E-state index in [1.807, 2.05) is 41.3 Å². The van der Waals surface area contributed by atoms with Crippen LogP contribution in [0.2, 0.25) is 0 Å². The van der Waals surface area contributed by atoms with Gasteiger partial charge in [-0.05, 0) is 43.6 Å². The van der Waals surface area contributed by atoms with E-state index in [0.717, 1.165) is 40.5 Å². The van der Waals surface area contributed by atoms with Crippen LogP contribution < -0.4 is 9.47 Å². The van der Waals surface area contributed by atoms with Gasteiger partial charge in [-0.25, -0.2) is 18.7 Å². The fourth-order valence-electron chi connectivity index (χ4n) is 6.58. The van der Waals surface area contributed by atoms with Crippen molar-refractivity contribution in [2.45, 2.75) is 19.5 Å². The molecule has 0 bridgehead atoms. The molecule has 49 heavy (non-hydrogen) atoms. The summed E-state index contributed by atoms with van der Waals surface area (Å²) in [6.07, 6.45) is 3.03. The van der Waals surface area contributed by atoms with Gasteiger partial charge in [-0.2, -0.15) is 5.10 Å². The molecule has 5 aromatic rings. The van der Waals surface area contributed by atoms with Crippen LogP contribution in [0.1, 0.15) is 18.7 Å². The van der Waals surface area contributed by atoms with Crippen molar-refractivity contribution in [1.82, 2.24) is 29.5 Å². The zero-order valence-corrected chi connectivity index (χ0v) is 28.3. The van der Waals surface area contributed by atoms with Gasteiger partial charge in [0.25, 0.3) is 0 Å².